The molecule has 6 nitrogen and oxygen atoms in total. The summed E-state index contributed by atoms with van der Waals surface area (Å²) in [6.45, 7) is 0.627. The number of nitrogens with two attached hydrogens (primary N) is 1. The molecular formula is C12H16N4O2S. The summed E-state index contributed by atoms with van der Waals surface area (Å²) in [5.74, 6) is 0. The molecule has 0 saturated carbocycles. The van der Waals surface area contributed by atoms with Gasteiger partial charge < -0.3 is 10.7 Å². The van der Waals surface area contributed by atoms with Crippen LogP contribution in [0.4, 0.5) is 0 Å². The molecule has 2 aromatic heterocycles. The van der Waals surface area contributed by atoms with Gasteiger partial charge >= 0.3 is 0 Å². The standard InChI is InChI=1S/C12H16N4O2S/c13-8-11-7-12(9-15-11)19(17,18)16-6-3-10-1-4-14-5-2-10/h1-2,4-5,7,9,15-16H,3,6,8,13H2. The lowest BCUT2D eigenvalue weighted by Gasteiger charge is -2.04. The van der Waals surface area contributed by atoms with Crippen molar-refractivity contribution in [3.8, 4) is 0 Å². The van der Waals surface area contributed by atoms with Crippen LogP contribution in [0.25, 0.3) is 0 Å². The zero-order valence-electron chi connectivity index (χ0n) is 10.3. The maximum absolute atomic E-state index is 12.0. The number of aromatic nitrogens is 2. The Labute approximate surface area is 112 Å². The minimum atomic E-state index is -3.47. The smallest absolute Gasteiger partial charge is 0.242 e. The molecule has 0 saturated heterocycles. The average molecular weight is 280 g/mol. The van der Waals surface area contributed by atoms with Gasteiger partial charge in [0.1, 0.15) is 0 Å². The van der Waals surface area contributed by atoms with Gasteiger partial charge in [-0.2, -0.15) is 0 Å². The highest BCUT2D eigenvalue weighted by atomic mass is 32.2. The van der Waals surface area contributed by atoms with Crippen LogP contribution in [-0.4, -0.2) is 24.9 Å². The van der Waals surface area contributed by atoms with E-state index in [1.165, 1.54) is 12.3 Å². The summed E-state index contributed by atoms with van der Waals surface area (Å²) < 4.78 is 26.5. The molecule has 0 amide bonds. The van der Waals surface area contributed by atoms with E-state index in [-0.39, 0.29) is 11.4 Å². The SMILES string of the molecule is NCc1cc(S(=O)(=O)NCCc2ccncc2)c[nH]1. The Morgan fingerprint density at radius 1 is 1.32 bits per heavy atom. The van der Waals surface area contributed by atoms with Crippen molar-refractivity contribution < 1.29 is 8.42 Å². The summed E-state index contributed by atoms with van der Waals surface area (Å²) >= 11 is 0. The number of H-pyrrole nitrogens is 1. The first-order valence-corrected chi connectivity index (χ1v) is 7.36. The molecule has 0 unspecified atom stereocenters. The molecule has 7 heteroatoms. The number of aromatic amines is 1. The van der Waals surface area contributed by atoms with Crippen LogP contribution >= 0.6 is 0 Å². The maximum atomic E-state index is 12.0. The number of pyridine rings is 1. The van der Waals surface area contributed by atoms with Crippen molar-refractivity contribution in [3.05, 3.63) is 48.0 Å². The lowest BCUT2D eigenvalue weighted by Crippen LogP contribution is -2.25. The second-order valence-corrected chi connectivity index (χ2v) is 5.83. The Balaban J connectivity index is 1.94. The molecule has 2 rings (SSSR count). The highest BCUT2D eigenvalue weighted by molar-refractivity contribution is 7.89. The van der Waals surface area contributed by atoms with E-state index in [1.807, 2.05) is 12.1 Å². The molecule has 0 bridgehead atoms. The Bertz CT molecular complexity index is 622. The fourth-order valence-electron chi connectivity index (χ4n) is 1.65. The lowest BCUT2D eigenvalue weighted by atomic mass is 10.2. The van der Waals surface area contributed by atoms with Gasteiger partial charge in [0.2, 0.25) is 10.0 Å². The molecule has 0 aliphatic heterocycles. The first kappa shape index (κ1) is 13.7. The van der Waals surface area contributed by atoms with E-state index in [0.29, 0.717) is 18.7 Å². The molecule has 0 fully saturated rings. The van der Waals surface area contributed by atoms with Gasteiger partial charge in [0, 0.05) is 37.4 Å². The van der Waals surface area contributed by atoms with Crippen LogP contribution in [0.2, 0.25) is 0 Å². The quantitative estimate of drug-likeness (QED) is 0.712. The molecule has 0 radical (unpaired) electrons. The molecule has 0 aliphatic rings. The topological polar surface area (TPSA) is 101 Å². The molecule has 0 aliphatic carbocycles. The number of nitrogens with zero attached hydrogens (tertiary/aromatic N) is 1. The van der Waals surface area contributed by atoms with Crippen molar-refractivity contribution in [3.63, 3.8) is 0 Å². The summed E-state index contributed by atoms with van der Waals surface area (Å²) in [7, 11) is -3.47. The van der Waals surface area contributed by atoms with Crippen molar-refractivity contribution >= 4 is 10.0 Å². The van der Waals surface area contributed by atoms with Crippen LogP contribution in [0.5, 0.6) is 0 Å². The molecule has 2 heterocycles. The third-order valence-electron chi connectivity index (χ3n) is 2.70. The second kappa shape index (κ2) is 5.96. The zero-order chi connectivity index (χ0) is 13.7. The van der Waals surface area contributed by atoms with E-state index in [0.717, 1.165) is 5.56 Å². The molecule has 2 aromatic rings. The van der Waals surface area contributed by atoms with Crippen molar-refractivity contribution in [2.75, 3.05) is 6.54 Å². The van der Waals surface area contributed by atoms with Crippen LogP contribution in [0.1, 0.15) is 11.3 Å². The molecular weight excluding hydrogens is 264 g/mol. The van der Waals surface area contributed by atoms with Crippen LogP contribution in [-0.2, 0) is 23.0 Å². The molecule has 0 spiro atoms. The van der Waals surface area contributed by atoms with Crippen molar-refractivity contribution in [2.45, 2.75) is 17.9 Å². The summed E-state index contributed by atoms with van der Waals surface area (Å²) in [5.41, 5.74) is 7.16. The third-order valence-corrected chi connectivity index (χ3v) is 4.14. The predicted molar refractivity (Wildman–Crippen MR) is 71.8 cm³/mol. The predicted octanol–water partition coefficient (Wildman–Crippen LogP) is 0.389. The summed E-state index contributed by atoms with van der Waals surface area (Å²) in [6, 6.07) is 5.25. The van der Waals surface area contributed by atoms with E-state index in [9.17, 15) is 8.42 Å². The minimum Gasteiger partial charge on any atom is -0.363 e. The van der Waals surface area contributed by atoms with Gasteiger partial charge in [-0.1, -0.05) is 0 Å². The summed E-state index contributed by atoms with van der Waals surface area (Å²) in [4.78, 5) is 6.94. The van der Waals surface area contributed by atoms with Crippen LogP contribution < -0.4 is 10.5 Å². The largest absolute Gasteiger partial charge is 0.363 e. The first-order chi connectivity index (χ1) is 9.12. The van der Waals surface area contributed by atoms with Crippen molar-refractivity contribution in [2.24, 2.45) is 5.73 Å². The molecule has 102 valence electrons. The molecule has 4 N–H and O–H groups in total. The highest BCUT2D eigenvalue weighted by Gasteiger charge is 2.14. The van der Waals surface area contributed by atoms with E-state index in [4.69, 9.17) is 5.73 Å². The van der Waals surface area contributed by atoms with Gasteiger partial charge in [-0.3, -0.25) is 4.98 Å². The van der Waals surface area contributed by atoms with Gasteiger partial charge in [0.25, 0.3) is 0 Å². The Hall–Kier alpha value is -1.70. The van der Waals surface area contributed by atoms with Crippen LogP contribution in [0, 0.1) is 0 Å². The van der Waals surface area contributed by atoms with Gasteiger partial charge in [0.05, 0.1) is 4.90 Å². The summed E-state index contributed by atoms with van der Waals surface area (Å²) in [5, 5.41) is 0. The molecule has 19 heavy (non-hydrogen) atoms. The minimum absolute atomic E-state index is 0.211. The number of rotatable bonds is 6. The second-order valence-electron chi connectivity index (χ2n) is 4.07. The van der Waals surface area contributed by atoms with Crippen molar-refractivity contribution in [1.82, 2.24) is 14.7 Å². The van der Waals surface area contributed by atoms with Gasteiger partial charge in [0.15, 0.2) is 0 Å². The maximum Gasteiger partial charge on any atom is 0.242 e. The number of hydrogen-bond donors (Lipinski definition) is 3. The molecule has 0 atom stereocenters. The van der Waals surface area contributed by atoms with E-state index in [1.54, 1.807) is 12.4 Å². The normalized spacial score (nSPS) is 11.6. The number of nitrogens with one attached hydrogen (secondary N) is 2. The fraction of sp³-hybridized carbons (Fsp3) is 0.250. The van der Waals surface area contributed by atoms with Crippen LogP contribution in [0.15, 0.2) is 41.7 Å². The molecule has 0 aromatic carbocycles. The number of hydrogen-bond acceptors (Lipinski definition) is 4. The van der Waals surface area contributed by atoms with E-state index >= 15 is 0 Å². The monoisotopic (exact) mass is 280 g/mol. The fourth-order valence-corrected chi connectivity index (χ4v) is 2.70. The third kappa shape index (κ3) is 3.63. The van der Waals surface area contributed by atoms with Gasteiger partial charge in [-0.25, -0.2) is 13.1 Å². The zero-order valence-corrected chi connectivity index (χ0v) is 11.2. The van der Waals surface area contributed by atoms with E-state index < -0.39 is 10.0 Å². The summed E-state index contributed by atoms with van der Waals surface area (Å²) in [6.07, 6.45) is 5.43. The van der Waals surface area contributed by atoms with E-state index in [2.05, 4.69) is 14.7 Å². The number of sulfonamides is 1. The van der Waals surface area contributed by atoms with Crippen LogP contribution in [0.3, 0.4) is 0 Å². The lowest BCUT2D eigenvalue weighted by molar-refractivity contribution is 0.582. The Kier molecular flexibility index (Phi) is 4.31. The van der Waals surface area contributed by atoms with Gasteiger partial charge in [-0.15, -0.1) is 0 Å². The highest BCUT2D eigenvalue weighted by Crippen LogP contribution is 2.10. The van der Waals surface area contributed by atoms with Crippen molar-refractivity contribution in [1.29, 1.82) is 0 Å². The Morgan fingerprint density at radius 2 is 2.05 bits per heavy atom. The first-order valence-electron chi connectivity index (χ1n) is 5.88. The average Bonchev–Trinajstić information content (AvgIpc) is 2.89. The Morgan fingerprint density at radius 3 is 2.68 bits per heavy atom. The van der Waals surface area contributed by atoms with Gasteiger partial charge in [-0.05, 0) is 30.2 Å².